The molecule has 0 saturated carbocycles. The van der Waals surface area contributed by atoms with Gasteiger partial charge in [-0.05, 0) is 88.5 Å². The average Bonchev–Trinajstić information content (AvgIpc) is 3.12. The lowest BCUT2D eigenvalue weighted by Gasteiger charge is -2.26. The minimum Gasteiger partial charge on any atom is -0.606 e. The molecule has 314 valence electrons. The molecule has 2 atom stereocenters. The van der Waals surface area contributed by atoms with Gasteiger partial charge in [-0.15, -0.1) is 11.5 Å². The summed E-state index contributed by atoms with van der Waals surface area (Å²) in [7, 11) is 1.45. The quantitative estimate of drug-likeness (QED) is 0.0216. The van der Waals surface area contributed by atoms with E-state index in [1.54, 1.807) is 0 Å². The molecule has 0 bridgehead atoms. The Morgan fingerprint density at radius 2 is 1.02 bits per heavy atom. The topological polar surface area (TPSA) is 114 Å². The van der Waals surface area contributed by atoms with E-state index in [0.29, 0.717) is 23.9 Å². The second-order valence-corrected chi connectivity index (χ2v) is 17.0. The molecule has 9 nitrogen and oxygen atoms in total. The van der Waals surface area contributed by atoms with Gasteiger partial charge in [-0.2, -0.15) is 13.9 Å². The maximum absolute atomic E-state index is 12.7. The van der Waals surface area contributed by atoms with Crippen LogP contribution in [0.3, 0.4) is 0 Å². The molecule has 0 fully saturated rings. The summed E-state index contributed by atoms with van der Waals surface area (Å²) >= 11 is 0. The van der Waals surface area contributed by atoms with Crippen LogP contribution in [-0.2, 0) is 28.1 Å². The number of carbonyl (C=O) groups excluding carboxylic acids is 2. The van der Waals surface area contributed by atoms with E-state index in [1.165, 1.54) is 64.2 Å². The molecular weight excluding hydrogens is 701 g/mol. The van der Waals surface area contributed by atoms with E-state index in [1.807, 2.05) is 21.1 Å². The van der Waals surface area contributed by atoms with Gasteiger partial charge in [-0.3, -0.25) is 9.59 Å². The lowest BCUT2D eigenvalue weighted by molar-refractivity contribution is -0.870. The van der Waals surface area contributed by atoms with Crippen LogP contribution in [0, 0.1) is 0 Å². The first-order valence-electron chi connectivity index (χ1n) is 21.5. The first kappa shape index (κ1) is 52.2. The Hall–Kier alpha value is -1.79. The first-order valence-corrected chi connectivity index (χ1v) is 23.0. The van der Waals surface area contributed by atoms with Gasteiger partial charge in [-0.1, -0.05) is 104 Å². The van der Waals surface area contributed by atoms with Gasteiger partial charge in [0.15, 0.2) is 6.10 Å². The monoisotopic (exact) mass is 783 g/mol. The number of likely N-dealkylation sites (N-methyl/N-ethyl adjacent to an activating group) is 1. The van der Waals surface area contributed by atoms with Crippen LogP contribution >= 0.6 is 8.17 Å². The second kappa shape index (κ2) is 36.8. The molecule has 0 spiro atoms. The molecule has 54 heavy (non-hydrogen) atoms. The molecule has 0 aromatic carbocycles. The van der Waals surface area contributed by atoms with Crippen molar-refractivity contribution in [1.82, 2.24) is 0 Å². The van der Waals surface area contributed by atoms with Crippen molar-refractivity contribution < 1.29 is 42.4 Å². The zero-order valence-corrected chi connectivity index (χ0v) is 36.2. The van der Waals surface area contributed by atoms with Crippen molar-refractivity contribution >= 4 is 20.1 Å². The fourth-order valence-corrected chi connectivity index (χ4v) is 6.30. The van der Waals surface area contributed by atoms with Crippen LogP contribution in [0.25, 0.3) is 0 Å². The van der Waals surface area contributed by atoms with Crippen molar-refractivity contribution in [2.75, 3.05) is 47.5 Å². The van der Waals surface area contributed by atoms with Crippen LogP contribution in [-0.4, -0.2) is 74.9 Å². The molecule has 10 heteroatoms. The summed E-state index contributed by atoms with van der Waals surface area (Å²) in [5.41, 5.74) is 6.60. The number of unbranched alkanes of at least 4 members (excludes halogenated alkanes) is 20. The molecule has 0 saturated heterocycles. The zero-order valence-electron chi connectivity index (χ0n) is 35.3. The molecule has 0 heterocycles. The summed E-state index contributed by atoms with van der Waals surface area (Å²) in [6.45, 7) is 4.34. The standard InChI is InChI=1S/C44H80NO8P/c1-6-8-10-12-14-16-18-20-22-24-26-28-30-32-34-36-43(46)50-40-42(41-52-54(48,49)51-39-38-45(3,4)5)53-44(47)37-35-33-31-29-27-25-23-21-19-17-15-13-11-9-7-2/h18-19,22-23,42H,6-17,24-41H2,1-5H3/p+1/t20?,21?,42-/m1/s1. The molecule has 0 rings (SSSR count). The van der Waals surface area contributed by atoms with Crippen LogP contribution in [0.5, 0.6) is 0 Å². The molecule has 1 N–H and O–H groups in total. The van der Waals surface area contributed by atoms with E-state index in [2.05, 4.69) is 49.6 Å². The van der Waals surface area contributed by atoms with Gasteiger partial charge < -0.3 is 18.9 Å². The molecular formula is C44H81NO8P+. The Bertz CT molecular complexity index is 1030. The molecule has 0 aliphatic carbocycles. The van der Waals surface area contributed by atoms with Gasteiger partial charge in [0.05, 0.1) is 21.1 Å². The number of carbonyl (C=O) groups is 2. The van der Waals surface area contributed by atoms with Crippen molar-refractivity contribution in [1.29, 1.82) is 0 Å². The minimum atomic E-state index is -4.38. The highest BCUT2D eigenvalue weighted by Crippen LogP contribution is 2.47. The summed E-state index contributed by atoms with van der Waals surface area (Å²) in [5.74, 6) is -0.841. The summed E-state index contributed by atoms with van der Waals surface area (Å²) in [6.07, 6.45) is 34.9. The van der Waals surface area contributed by atoms with Crippen molar-refractivity contribution in [2.24, 2.45) is 0 Å². The van der Waals surface area contributed by atoms with E-state index in [9.17, 15) is 19.4 Å². The number of allylic oxidation sites excluding steroid dienone is 2. The third-order valence-electron chi connectivity index (χ3n) is 9.00. The van der Waals surface area contributed by atoms with Crippen LogP contribution in [0.15, 0.2) is 35.8 Å². The fraction of sp³-hybridized carbons (Fsp3) is 0.818. The Labute approximate surface area is 331 Å². The van der Waals surface area contributed by atoms with Crippen molar-refractivity contribution in [2.45, 2.75) is 187 Å². The predicted molar refractivity (Wildman–Crippen MR) is 221 cm³/mol. The van der Waals surface area contributed by atoms with Gasteiger partial charge in [-0.25, -0.2) is 0 Å². The largest absolute Gasteiger partial charge is 0.606 e. The minimum absolute atomic E-state index is 0.0237. The summed E-state index contributed by atoms with van der Waals surface area (Å²) in [6, 6.07) is 0. The number of ether oxygens (including phenoxy) is 2. The average molecular weight is 783 g/mol. The van der Waals surface area contributed by atoms with Gasteiger partial charge >= 0.3 is 20.1 Å². The Morgan fingerprint density at radius 3 is 1.46 bits per heavy atom. The Morgan fingerprint density at radius 1 is 0.611 bits per heavy atom. The van der Waals surface area contributed by atoms with Crippen molar-refractivity contribution in [3.63, 3.8) is 0 Å². The van der Waals surface area contributed by atoms with E-state index in [0.717, 1.165) is 77.0 Å². The Balaban J connectivity index is 4.45. The van der Waals surface area contributed by atoms with Gasteiger partial charge in [0.2, 0.25) is 0 Å². The number of hydrogen-bond acceptors (Lipinski definition) is 8. The van der Waals surface area contributed by atoms with Crippen molar-refractivity contribution in [3.8, 4) is 0 Å². The highest BCUT2D eigenvalue weighted by Gasteiger charge is 2.31. The number of nitrogens with zero attached hydrogens (tertiary/aromatic N) is 1. The van der Waals surface area contributed by atoms with E-state index >= 15 is 0 Å². The van der Waals surface area contributed by atoms with Gasteiger partial charge in [0, 0.05) is 12.8 Å². The molecule has 0 aromatic heterocycles. The van der Waals surface area contributed by atoms with Crippen LogP contribution < -0.4 is 4.89 Å². The lowest BCUT2D eigenvalue weighted by Crippen LogP contribution is -2.38. The van der Waals surface area contributed by atoms with Gasteiger partial charge in [0.1, 0.15) is 26.4 Å². The smallest absolute Gasteiger partial charge is 0.377 e. The van der Waals surface area contributed by atoms with E-state index in [-0.39, 0.29) is 26.1 Å². The molecule has 1 unspecified atom stereocenters. The van der Waals surface area contributed by atoms with Crippen molar-refractivity contribution in [3.05, 3.63) is 35.8 Å². The summed E-state index contributed by atoms with van der Waals surface area (Å²) in [4.78, 5) is 47.8. The highest BCUT2D eigenvalue weighted by molar-refractivity contribution is 7.52. The maximum atomic E-state index is 12.7. The van der Waals surface area contributed by atoms with E-state index < -0.39 is 32.8 Å². The SMILES string of the molecule is CCCCCCCC=C=CCCCCCCCC(=O)OC[C@H](CO[P+]([O-])(O)OCC[N+](C)(C)C)OC(=O)CCCCCCCC=C=CCCCCCCC. The van der Waals surface area contributed by atoms with Crippen LogP contribution in [0.1, 0.15) is 181 Å². The van der Waals surface area contributed by atoms with Crippen LogP contribution in [0.4, 0.5) is 0 Å². The number of phosphoric acid groups is 1. The normalized spacial score (nSPS) is 12.9. The van der Waals surface area contributed by atoms with E-state index in [4.69, 9.17) is 18.5 Å². The molecule has 0 aliphatic heterocycles. The maximum Gasteiger partial charge on any atom is 0.377 e. The van der Waals surface area contributed by atoms with Crippen LogP contribution in [0.2, 0.25) is 0 Å². The lowest BCUT2D eigenvalue weighted by atomic mass is 10.1. The number of quaternary nitrogens is 1. The molecule has 0 radical (unpaired) electrons. The second-order valence-electron chi connectivity index (χ2n) is 15.6. The van der Waals surface area contributed by atoms with Gasteiger partial charge in [0.25, 0.3) is 0 Å². The predicted octanol–water partition coefficient (Wildman–Crippen LogP) is 10.8. The molecule has 0 aliphatic rings. The first-order chi connectivity index (χ1) is 26.0. The molecule has 0 amide bonds. The zero-order chi connectivity index (χ0) is 40.0. The number of rotatable bonds is 38. The number of esters is 2. The highest BCUT2D eigenvalue weighted by atomic mass is 31.2. The third-order valence-corrected chi connectivity index (χ3v) is 9.99. The third kappa shape index (κ3) is 39.9. The number of hydrogen-bond donors (Lipinski definition) is 1. The fourth-order valence-electron chi connectivity index (χ4n) is 5.56. The summed E-state index contributed by atoms with van der Waals surface area (Å²) in [5, 5.41) is 0. The number of phosphoric ester groups is 1. The summed E-state index contributed by atoms with van der Waals surface area (Å²) < 4.78 is 21.8. The molecule has 0 aromatic rings. The Kier molecular flexibility index (Phi) is 35.6.